The van der Waals surface area contributed by atoms with Gasteiger partial charge in [-0.1, -0.05) is 12.1 Å². The fourth-order valence-corrected chi connectivity index (χ4v) is 2.32. The van der Waals surface area contributed by atoms with Crippen LogP contribution in [0.5, 0.6) is 0 Å². The van der Waals surface area contributed by atoms with E-state index in [9.17, 15) is 0 Å². The highest BCUT2D eigenvalue weighted by Crippen LogP contribution is 2.32. The standard InChI is InChI=1S/C16H16N4/c17-10-12-6-7-19-16(9-12)20(15-4-5-15)11-13-2-1-3-14(18)8-13/h1-3,6-9,15H,4-5,11,18H2. The average molecular weight is 264 g/mol. The van der Waals surface area contributed by atoms with Crippen LogP contribution in [0.3, 0.4) is 0 Å². The fourth-order valence-electron chi connectivity index (χ4n) is 2.32. The van der Waals surface area contributed by atoms with E-state index in [1.165, 1.54) is 18.4 Å². The SMILES string of the molecule is N#Cc1ccnc(N(Cc2cccc(N)c2)C2CC2)c1. The summed E-state index contributed by atoms with van der Waals surface area (Å²) in [6, 6.07) is 14.2. The first-order valence-corrected chi connectivity index (χ1v) is 6.73. The molecule has 1 aromatic carbocycles. The number of nitrogen functional groups attached to an aromatic ring is 1. The molecule has 0 unspecified atom stereocenters. The van der Waals surface area contributed by atoms with Gasteiger partial charge in [-0.15, -0.1) is 0 Å². The molecular formula is C16H16N4. The summed E-state index contributed by atoms with van der Waals surface area (Å²) >= 11 is 0. The van der Waals surface area contributed by atoms with Gasteiger partial charge < -0.3 is 10.6 Å². The first kappa shape index (κ1) is 12.5. The van der Waals surface area contributed by atoms with Crippen molar-refractivity contribution in [3.63, 3.8) is 0 Å². The molecule has 0 spiro atoms. The first-order valence-electron chi connectivity index (χ1n) is 6.73. The average Bonchev–Trinajstić information content (AvgIpc) is 3.29. The molecule has 20 heavy (non-hydrogen) atoms. The van der Waals surface area contributed by atoms with Gasteiger partial charge in [-0.25, -0.2) is 4.98 Å². The highest BCUT2D eigenvalue weighted by molar-refractivity contribution is 5.49. The summed E-state index contributed by atoms with van der Waals surface area (Å²) in [5, 5.41) is 9.01. The van der Waals surface area contributed by atoms with Gasteiger partial charge in [0.05, 0.1) is 11.6 Å². The molecule has 0 atom stereocenters. The highest BCUT2D eigenvalue weighted by atomic mass is 15.2. The fraction of sp³-hybridized carbons (Fsp3) is 0.250. The van der Waals surface area contributed by atoms with Crippen molar-refractivity contribution in [2.45, 2.75) is 25.4 Å². The van der Waals surface area contributed by atoms with Gasteiger partial charge in [0.1, 0.15) is 5.82 Å². The van der Waals surface area contributed by atoms with Gasteiger partial charge >= 0.3 is 0 Å². The molecule has 3 rings (SSSR count). The Hall–Kier alpha value is -2.54. The lowest BCUT2D eigenvalue weighted by atomic mass is 10.2. The van der Waals surface area contributed by atoms with Crippen molar-refractivity contribution in [2.24, 2.45) is 0 Å². The maximum atomic E-state index is 9.01. The number of hydrogen-bond acceptors (Lipinski definition) is 4. The van der Waals surface area contributed by atoms with Crippen molar-refractivity contribution in [1.82, 2.24) is 4.98 Å². The molecule has 1 heterocycles. The van der Waals surface area contributed by atoms with Gasteiger partial charge in [-0.2, -0.15) is 5.26 Å². The predicted octanol–water partition coefficient (Wildman–Crippen LogP) is 2.70. The van der Waals surface area contributed by atoms with Crippen LogP contribution in [0.15, 0.2) is 42.6 Å². The lowest BCUT2D eigenvalue weighted by Crippen LogP contribution is -2.26. The minimum absolute atomic E-state index is 0.526. The number of anilines is 2. The second kappa shape index (κ2) is 5.22. The number of pyridine rings is 1. The molecule has 0 radical (unpaired) electrons. The Morgan fingerprint density at radius 2 is 2.15 bits per heavy atom. The van der Waals surface area contributed by atoms with E-state index in [1.54, 1.807) is 12.3 Å². The van der Waals surface area contributed by atoms with E-state index in [0.29, 0.717) is 11.6 Å². The smallest absolute Gasteiger partial charge is 0.130 e. The number of hydrogen-bond donors (Lipinski definition) is 1. The second-order valence-corrected chi connectivity index (χ2v) is 5.12. The Bertz CT molecular complexity index is 656. The maximum absolute atomic E-state index is 9.01. The molecule has 2 aromatic rings. The van der Waals surface area contributed by atoms with Crippen LogP contribution < -0.4 is 10.6 Å². The quantitative estimate of drug-likeness (QED) is 0.862. The van der Waals surface area contributed by atoms with Crippen molar-refractivity contribution < 1.29 is 0 Å². The summed E-state index contributed by atoms with van der Waals surface area (Å²) in [7, 11) is 0. The van der Waals surface area contributed by atoms with E-state index < -0.39 is 0 Å². The van der Waals surface area contributed by atoms with Gasteiger partial charge in [0.25, 0.3) is 0 Å². The van der Waals surface area contributed by atoms with Crippen molar-refractivity contribution in [3.8, 4) is 6.07 Å². The summed E-state index contributed by atoms with van der Waals surface area (Å²) in [6.45, 7) is 0.775. The van der Waals surface area contributed by atoms with Gasteiger partial charge in [0.15, 0.2) is 0 Å². The van der Waals surface area contributed by atoms with Crippen LogP contribution in [0.2, 0.25) is 0 Å². The minimum atomic E-state index is 0.526. The molecule has 4 heteroatoms. The summed E-state index contributed by atoms with van der Waals surface area (Å²) < 4.78 is 0. The second-order valence-electron chi connectivity index (χ2n) is 5.12. The van der Waals surface area contributed by atoms with E-state index in [-0.39, 0.29) is 0 Å². The zero-order valence-electron chi connectivity index (χ0n) is 11.2. The van der Waals surface area contributed by atoms with Gasteiger partial charge in [-0.05, 0) is 42.7 Å². The Balaban J connectivity index is 1.87. The number of nitrogens with two attached hydrogens (primary N) is 1. The monoisotopic (exact) mass is 264 g/mol. The number of aromatic nitrogens is 1. The Kier molecular flexibility index (Phi) is 3.26. The molecule has 1 aromatic heterocycles. The molecule has 1 aliphatic carbocycles. The molecule has 0 aliphatic heterocycles. The number of benzene rings is 1. The third-order valence-electron chi connectivity index (χ3n) is 3.46. The normalized spacial score (nSPS) is 13.8. The van der Waals surface area contributed by atoms with Crippen LogP contribution in [0, 0.1) is 11.3 Å². The molecule has 1 fully saturated rings. The van der Waals surface area contributed by atoms with Gasteiger partial charge in [0, 0.05) is 24.5 Å². The van der Waals surface area contributed by atoms with E-state index in [0.717, 1.165) is 18.1 Å². The van der Waals surface area contributed by atoms with E-state index in [1.807, 2.05) is 24.3 Å². The van der Waals surface area contributed by atoms with E-state index >= 15 is 0 Å². The Morgan fingerprint density at radius 3 is 2.85 bits per heavy atom. The third-order valence-corrected chi connectivity index (χ3v) is 3.46. The van der Waals surface area contributed by atoms with Crippen molar-refractivity contribution in [1.29, 1.82) is 5.26 Å². The molecule has 0 saturated heterocycles. The van der Waals surface area contributed by atoms with Gasteiger partial charge in [-0.3, -0.25) is 0 Å². The maximum Gasteiger partial charge on any atom is 0.130 e. The largest absolute Gasteiger partial charge is 0.399 e. The van der Waals surface area contributed by atoms with Gasteiger partial charge in [0.2, 0.25) is 0 Å². The predicted molar refractivity (Wildman–Crippen MR) is 79.0 cm³/mol. The highest BCUT2D eigenvalue weighted by Gasteiger charge is 2.30. The van der Waals surface area contributed by atoms with Crippen LogP contribution in [0.4, 0.5) is 11.5 Å². The molecule has 4 nitrogen and oxygen atoms in total. The zero-order chi connectivity index (χ0) is 13.9. The van der Waals surface area contributed by atoms with E-state index in [4.69, 9.17) is 11.0 Å². The molecule has 0 bridgehead atoms. The summed E-state index contributed by atoms with van der Waals surface area (Å²) in [6.07, 6.45) is 4.06. The van der Waals surface area contributed by atoms with Crippen molar-refractivity contribution >= 4 is 11.5 Å². The Labute approximate surface area is 118 Å². The third kappa shape index (κ3) is 2.72. The molecule has 1 saturated carbocycles. The Morgan fingerprint density at radius 1 is 1.30 bits per heavy atom. The number of rotatable bonds is 4. The zero-order valence-corrected chi connectivity index (χ0v) is 11.2. The molecule has 1 aliphatic rings. The molecule has 100 valence electrons. The van der Waals surface area contributed by atoms with Crippen molar-refractivity contribution in [2.75, 3.05) is 10.6 Å². The van der Waals surface area contributed by atoms with Crippen molar-refractivity contribution in [3.05, 3.63) is 53.7 Å². The molecule has 2 N–H and O–H groups in total. The number of nitriles is 1. The number of nitrogens with zero attached hydrogens (tertiary/aromatic N) is 3. The molecular weight excluding hydrogens is 248 g/mol. The lowest BCUT2D eigenvalue weighted by molar-refractivity contribution is 0.778. The summed E-state index contributed by atoms with van der Waals surface area (Å²) in [4.78, 5) is 6.67. The topological polar surface area (TPSA) is 65.9 Å². The first-order chi connectivity index (χ1) is 9.76. The lowest BCUT2D eigenvalue weighted by Gasteiger charge is -2.23. The summed E-state index contributed by atoms with van der Waals surface area (Å²) in [5.41, 5.74) is 8.42. The molecule has 0 amide bonds. The van der Waals surface area contributed by atoms with Crippen LogP contribution in [0.25, 0.3) is 0 Å². The van der Waals surface area contributed by atoms with E-state index in [2.05, 4.69) is 22.0 Å². The van der Waals surface area contributed by atoms with Crippen LogP contribution in [-0.4, -0.2) is 11.0 Å². The summed E-state index contributed by atoms with van der Waals surface area (Å²) in [5.74, 6) is 0.869. The minimum Gasteiger partial charge on any atom is -0.399 e. The van der Waals surface area contributed by atoms with Crippen LogP contribution in [-0.2, 0) is 6.54 Å². The van der Waals surface area contributed by atoms with Crippen LogP contribution in [0.1, 0.15) is 24.0 Å². The van der Waals surface area contributed by atoms with Crippen LogP contribution >= 0.6 is 0 Å².